The molecule has 0 aliphatic rings. The van der Waals surface area contributed by atoms with Gasteiger partial charge in [0.25, 0.3) is 5.56 Å². The largest absolute Gasteiger partial charge is 0.477 e. The summed E-state index contributed by atoms with van der Waals surface area (Å²) in [6, 6.07) is 7.87. The van der Waals surface area contributed by atoms with Crippen LogP contribution in [-0.2, 0) is 0 Å². The smallest absolute Gasteiger partial charge is 0.271 e. The van der Waals surface area contributed by atoms with Gasteiger partial charge in [0.05, 0.1) is 22.3 Å². The van der Waals surface area contributed by atoms with E-state index >= 15 is 0 Å². The highest BCUT2D eigenvalue weighted by Gasteiger charge is 2.06. The second-order valence-corrected chi connectivity index (χ2v) is 5.84. The van der Waals surface area contributed by atoms with Crippen LogP contribution in [0.1, 0.15) is 6.42 Å². The maximum absolute atomic E-state index is 11.9. The molecule has 1 aromatic heterocycles. The van der Waals surface area contributed by atoms with Gasteiger partial charge in [-0.15, -0.1) is 5.10 Å². The Hall–Kier alpha value is -1.56. The Labute approximate surface area is 139 Å². The highest BCUT2D eigenvalue weighted by Crippen LogP contribution is 2.23. The van der Waals surface area contributed by atoms with E-state index in [9.17, 15) is 4.79 Å². The molecular weight excluding hydrogens is 325 g/mol. The summed E-state index contributed by atoms with van der Waals surface area (Å²) in [4.78, 5) is 14.0. The van der Waals surface area contributed by atoms with E-state index in [1.54, 1.807) is 24.3 Å². The molecule has 0 radical (unpaired) electrons. The third-order valence-electron chi connectivity index (χ3n) is 2.92. The first-order valence-corrected chi connectivity index (χ1v) is 7.56. The van der Waals surface area contributed by atoms with Crippen molar-refractivity contribution in [1.29, 1.82) is 0 Å². The molecule has 118 valence electrons. The topological polar surface area (TPSA) is 47.4 Å². The fraction of sp³-hybridized carbons (Fsp3) is 0.333. The molecule has 2 rings (SSSR count). The molecule has 0 N–H and O–H groups in total. The van der Waals surface area contributed by atoms with E-state index in [4.69, 9.17) is 27.9 Å². The van der Waals surface area contributed by atoms with E-state index in [1.807, 2.05) is 14.1 Å². The molecule has 0 amide bonds. The average Bonchev–Trinajstić information content (AvgIpc) is 2.48. The Kier molecular flexibility index (Phi) is 5.83. The molecule has 22 heavy (non-hydrogen) atoms. The van der Waals surface area contributed by atoms with Crippen molar-refractivity contribution in [3.05, 3.63) is 50.7 Å². The second-order valence-electron chi connectivity index (χ2n) is 5.03. The molecule has 1 heterocycles. The van der Waals surface area contributed by atoms with Crippen LogP contribution < -0.4 is 10.3 Å². The molecule has 1 aromatic carbocycles. The summed E-state index contributed by atoms with van der Waals surface area (Å²) in [7, 11) is 4.01. The van der Waals surface area contributed by atoms with Crippen LogP contribution in [0.15, 0.2) is 35.1 Å². The minimum absolute atomic E-state index is 0.265. The van der Waals surface area contributed by atoms with Crippen molar-refractivity contribution in [1.82, 2.24) is 14.7 Å². The zero-order valence-corrected chi connectivity index (χ0v) is 13.9. The van der Waals surface area contributed by atoms with Gasteiger partial charge < -0.3 is 9.64 Å². The third-order valence-corrected chi connectivity index (χ3v) is 3.66. The van der Waals surface area contributed by atoms with Crippen LogP contribution in [0.2, 0.25) is 10.0 Å². The molecule has 0 aliphatic heterocycles. The van der Waals surface area contributed by atoms with Gasteiger partial charge >= 0.3 is 0 Å². The fourth-order valence-electron chi connectivity index (χ4n) is 1.83. The SMILES string of the molecule is CN(C)CCCOc1ccc(=O)n(-c2ccc(Cl)c(Cl)c2)n1. The van der Waals surface area contributed by atoms with Crippen molar-refractivity contribution < 1.29 is 4.74 Å². The molecule has 0 saturated heterocycles. The minimum atomic E-state index is -0.265. The predicted octanol–water partition coefficient (Wildman–Crippen LogP) is 2.87. The van der Waals surface area contributed by atoms with Crippen LogP contribution in [0.5, 0.6) is 5.88 Å². The van der Waals surface area contributed by atoms with Gasteiger partial charge in [-0.05, 0) is 38.7 Å². The highest BCUT2D eigenvalue weighted by molar-refractivity contribution is 6.42. The maximum Gasteiger partial charge on any atom is 0.271 e. The summed E-state index contributed by atoms with van der Waals surface area (Å²) in [6.07, 6.45) is 0.876. The van der Waals surface area contributed by atoms with Gasteiger partial charge in [-0.25, -0.2) is 0 Å². The van der Waals surface area contributed by atoms with E-state index in [0.717, 1.165) is 13.0 Å². The number of aromatic nitrogens is 2. The van der Waals surface area contributed by atoms with Gasteiger partial charge in [0.1, 0.15) is 0 Å². The summed E-state index contributed by atoms with van der Waals surface area (Å²) in [5, 5.41) is 4.99. The fourth-order valence-corrected chi connectivity index (χ4v) is 2.12. The second kappa shape index (κ2) is 7.63. The first kappa shape index (κ1) is 16.8. The van der Waals surface area contributed by atoms with Gasteiger partial charge in [0.2, 0.25) is 5.88 Å². The van der Waals surface area contributed by atoms with Crippen molar-refractivity contribution in [3.8, 4) is 11.6 Å². The van der Waals surface area contributed by atoms with Crippen molar-refractivity contribution >= 4 is 23.2 Å². The summed E-state index contributed by atoms with van der Waals surface area (Å²) < 4.78 is 6.81. The summed E-state index contributed by atoms with van der Waals surface area (Å²) in [5.74, 6) is 0.393. The zero-order chi connectivity index (χ0) is 16.1. The summed E-state index contributed by atoms with van der Waals surface area (Å²) in [5.41, 5.74) is 0.275. The highest BCUT2D eigenvalue weighted by atomic mass is 35.5. The Morgan fingerprint density at radius 2 is 1.95 bits per heavy atom. The van der Waals surface area contributed by atoms with E-state index in [0.29, 0.717) is 28.2 Å². The maximum atomic E-state index is 11.9. The van der Waals surface area contributed by atoms with Crippen molar-refractivity contribution in [2.24, 2.45) is 0 Å². The average molecular weight is 342 g/mol. The van der Waals surface area contributed by atoms with Crippen LogP contribution in [-0.4, -0.2) is 41.9 Å². The predicted molar refractivity (Wildman–Crippen MR) is 88.5 cm³/mol. The molecule has 2 aromatic rings. The van der Waals surface area contributed by atoms with Crippen molar-refractivity contribution in [3.63, 3.8) is 0 Å². The zero-order valence-electron chi connectivity index (χ0n) is 12.4. The third kappa shape index (κ3) is 4.47. The Balaban J connectivity index is 2.16. The van der Waals surface area contributed by atoms with Crippen LogP contribution in [0.3, 0.4) is 0 Å². The molecule has 0 unspecified atom stereocenters. The number of benzene rings is 1. The lowest BCUT2D eigenvalue weighted by atomic mass is 10.3. The summed E-state index contributed by atoms with van der Waals surface area (Å²) in [6.45, 7) is 1.46. The molecule has 0 bridgehead atoms. The molecule has 7 heteroatoms. The molecule has 0 fully saturated rings. The van der Waals surface area contributed by atoms with Crippen LogP contribution in [0, 0.1) is 0 Å². The molecular formula is C15H17Cl2N3O2. The minimum Gasteiger partial charge on any atom is -0.477 e. The van der Waals surface area contributed by atoms with Gasteiger partial charge in [0.15, 0.2) is 0 Å². The van der Waals surface area contributed by atoms with E-state index in [-0.39, 0.29) is 5.56 Å². The lowest BCUT2D eigenvalue weighted by molar-refractivity contribution is 0.268. The Morgan fingerprint density at radius 3 is 2.64 bits per heavy atom. The van der Waals surface area contributed by atoms with Crippen LogP contribution >= 0.6 is 23.2 Å². The lowest BCUT2D eigenvalue weighted by Crippen LogP contribution is -2.21. The van der Waals surface area contributed by atoms with Crippen LogP contribution in [0.25, 0.3) is 5.69 Å². The van der Waals surface area contributed by atoms with E-state index < -0.39 is 0 Å². The van der Waals surface area contributed by atoms with E-state index in [2.05, 4.69) is 10.00 Å². The van der Waals surface area contributed by atoms with Crippen LogP contribution in [0.4, 0.5) is 0 Å². The number of ether oxygens (including phenoxy) is 1. The van der Waals surface area contributed by atoms with Gasteiger partial charge in [-0.2, -0.15) is 4.68 Å². The number of hydrogen-bond acceptors (Lipinski definition) is 4. The normalized spacial score (nSPS) is 11.0. The van der Waals surface area contributed by atoms with Gasteiger partial charge in [-0.3, -0.25) is 4.79 Å². The quantitative estimate of drug-likeness (QED) is 0.758. The number of rotatable bonds is 6. The Morgan fingerprint density at radius 1 is 1.18 bits per heavy atom. The molecule has 0 saturated carbocycles. The van der Waals surface area contributed by atoms with Gasteiger partial charge in [-0.1, -0.05) is 23.2 Å². The molecule has 0 atom stereocenters. The van der Waals surface area contributed by atoms with Crippen molar-refractivity contribution in [2.75, 3.05) is 27.2 Å². The summed E-state index contributed by atoms with van der Waals surface area (Å²) >= 11 is 11.9. The standard InChI is InChI=1S/C15H17Cl2N3O2/c1-19(2)8-3-9-22-14-6-7-15(21)20(18-14)11-4-5-12(16)13(17)10-11/h4-7,10H,3,8-9H2,1-2H3. The first-order valence-electron chi connectivity index (χ1n) is 6.81. The van der Waals surface area contributed by atoms with E-state index in [1.165, 1.54) is 10.7 Å². The number of halogens is 2. The van der Waals surface area contributed by atoms with Crippen molar-refractivity contribution in [2.45, 2.75) is 6.42 Å². The monoisotopic (exact) mass is 341 g/mol. The lowest BCUT2D eigenvalue weighted by Gasteiger charge is -2.11. The Bertz CT molecular complexity index is 701. The molecule has 5 nitrogen and oxygen atoms in total. The van der Waals surface area contributed by atoms with Gasteiger partial charge in [0, 0.05) is 18.7 Å². The molecule has 0 aliphatic carbocycles. The number of hydrogen-bond donors (Lipinski definition) is 0. The number of nitrogens with zero attached hydrogens (tertiary/aromatic N) is 3. The molecule has 0 spiro atoms. The first-order chi connectivity index (χ1) is 10.5.